The third-order valence-electron chi connectivity index (χ3n) is 2.90. The Morgan fingerprint density at radius 2 is 1.89 bits per heavy atom. The van der Waals surface area contributed by atoms with Gasteiger partial charge in [0.05, 0.1) is 12.7 Å². The Morgan fingerprint density at radius 3 is 2.39 bits per heavy atom. The van der Waals surface area contributed by atoms with Gasteiger partial charge in [-0.2, -0.15) is 0 Å². The number of hydrogen-bond donors (Lipinski definition) is 0. The molecule has 1 unspecified atom stereocenters. The van der Waals surface area contributed by atoms with Crippen LogP contribution in [0.15, 0.2) is 36.6 Å². The quantitative estimate of drug-likeness (QED) is 0.770. The van der Waals surface area contributed by atoms with E-state index in [-0.39, 0.29) is 12.9 Å². The van der Waals surface area contributed by atoms with Crippen molar-refractivity contribution in [3.63, 3.8) is 0 Å². The fourth-order valence-electron chi connectivity index (χ4n) is 1.86. The van der Waals surface area contributed by atoms with Gasteiger partial charge in [0.1, 0.15) is 30.2 Å². The molecule has 4 heteroatoms. The average Bonchev–Trinajstić information content (AvgIpc) is 2.70. The fourth-order valence-corrected chi connectivity index (χ4v) is 1.86. The van der Waals surface area contributed by atoms with E-state index in [4.69, 9.17) is 18.9 Å². The van der Waals surface area contributed by atoms with Crippen LogP contribution < -0.4 is 9.47 Å². The van der Waals surface area contributed by atoms with Crippen LogP contribution in [0.2, 0.25) is 0 Å². The predicted octanol–water partition coefficient (Wildman–Crippen LogP) is 2.74. The Hall–Kier alpha value is -1.52. The maximum Gasteiger partial charge on any atom is 0.148 e. The number of ether oxygens (including phenoxy) is 4. The van der Waals surface area contributed by atoms with E-state index < -0.39 is 5.60 Å². The third kappa shape index (κ3) is 2.66. The van der Waals surface area contributed by atoms with Crippen molar-refractivity contribution in [3.8, 4) is 11.5 Å². The summed E-state index contributed by atoms with van der Waals surface area (Å²) in [5, 5.41) is 0. The minimum absolute atomic E-state index is 0.264. The van der Waals surface area contributed by atoms with E-state index in [2.05, 4.69) is 6.58 Å². The fraction of sp³-hybridized carbons (Fsp3) is 0.429. The molecule has 0 amide bonds. The van der Waals surface area contributed by atoms with Crippen molar-refractivity contribution in [2.24, 2.45) is 0 Å². The molecule has 0 radical (unpaired) electrons. The smallest absolute Gasteiger partial charge is 0.148 e. The standard InChI is InChI=1S/C14H18O4/c1-10(13-14(2,3)17-9-16-13)18-12-7-5-11(15-4)6-8-12/h5-8,13H,1,9H2,2-4H3. The molecule has 1 aliphatic rings. The lowest BCUT2D eigenvalue weighted by atomic mass is 10.0. The van der Waals surface area contributed by atoms with Gasteiger partial charge in [0.2, 0.25) is 0 Å². The first-order valence-corrected chi connectivity index (χ1v) is 5.79. The molecular formula is C14H18O4. The number of rotatable bonds is 4. The van der Waals surface area contributed by atoms with Crippen LogP contribution in [-0.2, 0) is 9.47 Å². The van der Waals surface area contributed by atoms with Crippen molar-refractivity contribution in [2.75, 3.05) is 13.9 Å². The van der Waals surface area contributed by atoms with Gasteiger partial charge in [-0.1, -0.05) is 6.58 Å². The van der Waals surface area contributed by atoms with Crippen LogP contribution in [0.1, 0.15) is 13.8 Å². The van der Waals surface area contributed by atoms with Crippen molar-refractivity contribution >= 4 is 0 Å². The maximum absolute atomic E-state index is 5.68. The molecule has 1 heterocycles. The van der Waals surface area contributed by atoms with E-state index in [0.717, 1.165) is 5.75 Å². The molecule has 1 atom stereocenters. The van der Waals surface area contributed by atoms with Gasteiger partial charge in [-0.25, -0.2) is 0 Å². The maximum atomic E-state index is 5.68. The van der Waals surface area contributed by atoms with Crippen LogP contribution in [0.25, 0.3) is 0 Å². The first kappa shape index (κ1) is 12.9. The molecule has 0 bridgehead atoms. The van der Waals surface area contributed by atoms with Gasteiger partial charge in [-0.05, 0) is 38.1 Å². The van der Waals surface area contributed by atoms with Gasteiger partial charge < -0.3 is 18.9 Å². The first-order chi connectivity index (χ1) is 8.53. The second-order valence-electron chi connectivity index (χ2n) is 4.66. The van der Waals surface area contributed by atoms with E-state index in [1.165, 1.54) is 0 Å². The van der Waals surface area contributed by atoms with Crippen LogP contribution in [0.4, 0.5) is 0 Å². The highest BCUT2D eigenvalue weighted by atomic mass is 16.7. The number of hydrogen-bond acceptors (Lipinski definition) is 4. The molecule has 2 rings (SSSR count). The Balaban J connectivity index is 2.02. The largest absolute Gasteiger partial charge is 0.497 e. The van der Waals surface area contributed by atoms with Crippen molar-refractivity contribution in [1.82, 2.24) is 0 Å². The Morgan fingerprint density at radius 1 is 1.28 bits per heavy atom. The molecule has 0 saturated carbocycles. The molecule has 1 saturated heterocycles. The summed E-state index contributed by atoms with van der Waals surface area (Å²) < 4.78 is 21.7. The van der Waals surface area contributed by atoms with Crippen molar-refractivity contribution < 1.29 is 18.9 Å². The lowest BCUT2D eigenvalue weighted by Crippen LogP contribution is -2.35. The van der Waals surface area contributed by atoms with Gasteiger partial charge in [0.25, 0.3) is 0 Å². The Kier molecular flexibility index (Phi) is 3.59. The van der Waals surface area contributed by atoms with Crippen molar-refractivity contribution in [1.29, 1.82) is 0 Å². The highest BCUT2D eigenvalue weighted by molar-refractivity contribution is 5.32. The molecule has 1 fully saturated rings. The monoisotopic (exact) mass is 250 g/mol. The Labute approximate surface area is 107 Å². The first-order valence-electron chi connectivity index (χ1n) is 5.79. The third-order valence-corrected chi connectivity index (χ3v) is 2.90. The summed E-state index contributed by atoms with van der Waals surface area (Å²) in [5.74, 6) is 2.03. The summed E-state index contributed by atoms with van der Waals surface area (Å²) >= 11 is 0. The second-order valence-corrected chi connectivity index (χ2v) is 4.66. The molecule has 1 aromatic carbocycles. The zero-order chi connectivity index (χ0) is 13.2. The minimum Gasteiger partial charge on any atom is -0.497 e. The van der Waals surface area contributed by atoms with Crippen LogP contribution in [0, 0.1) is 0 Å². The number of benzene rings is 1. The topological polar surface area (TPSA) is 36.9 Å². The van der Waals surface area contributed by atoms with Gasteiger partial charge in [-0.3, -0.25) is 0 Å². The van der Waals surface area contributed by atoms with Crippen LogP contribution in [0.5, 0.6) is 11.5 Å². The van der Waals surface area contributed by atoms with Crippen molar-refractivity contribution in [3.05, 3.63) is 36.6 Å². The van der Waals surface area contributed by atoms with E-state index in [1.807, 2.05) is 38.1 Å². The summed E-state index contributed by atoms with van der Waals surface area (Å²) in [6.45, 7) is 8.08. The number of methoxy groups -OCH3 is 1. The molecule has 0 N–H and O–H groups in total. The summed E-state index contributed by atoms with van der Waals surface area (Å²) in [4.78, 5) is 0. The van der Waals surface area contributed by atoms with Crippen LogP contribution >= 0.6 is 0 Å². The lowest BCUT2D eigenvalue weighted by Gasteiger charge is -2.25. The normalized spacial score (nSPS) is 21.6. The van der Waals surface area contributed by atoms with E-state index in [1.54, 1.807) is 7.11 Å². The molecular weight excluding hydrogens is 232 g/mol. The molecule has 0 spiro atoms. The summed E-state index contributed by atoms with van der Waals surface area (Å²) in [6.07, 6.45) is -0.264. The van der Waals surface area contributed by atoms with E-state index >= 15 is 0 Å². The molecule has 4 nitrogen and oxygen atoms in total. The summed E-state index contributed by atoms with van der Waals surface area (Å²) in [5.41, 5.74) is -0.413. The molecule has 1 aliphatic heterocycles. The predicted molar refractivity (Wildman–Crippen MR) is 67.7 cm³/mol. The highest BCUT2D eigenvalue weighted by Crippen LogP contribution is 2.30. The molecule has 18 heavy (non-hydrogen) atoms. The Bertz CT molecular complexity index is 422. The highest BCUT2D eigenvalue weighted by Gasteiger charge is 2.40. The van der Waals surface area contributed by atoms with E-state index in [9.17, 15) is 0 Å². The minimum atomic E-state index is -0.413. The van der Waals surface area contributed by atoms with Crippen LogP contribution in [-0.4, -0.2) is 25.6 Å². The van der Waals surface area contributed by atoms with Crippen LogP contribution in [0.3, 0.4) is 0 Å². The molecule has 0 aromatic heterocycles. The van der Waals surface area contributed by atoms with Gasteiger partial charge >= 0.3 is 0 Å². The lowest BCUT2D eigenvalue weighted by molar-refractivity contribution is 0.0121. The van der Waals surface area contributed by atoms with Gasteiger partial charge in [0.15, 0.2) is 0 Å². The zero-order valence-electron chi connectivity index (χ0n) is 10.9. The molecule has 1 aromatic rings. The van der Waals surface area contributed by atoms with Crippen molar-refractivity contribution in [2.45, 2.75) is 25.6 Å². The summed E-state index contributed by atoms with van der Waals surface area (Å²) in [6, 6.07) is 7.32. The average molecular weight is 250 g/mol. The SMILES string of the molecule is C=C(Oc1ccc(OC)cc1)C1OCOC1(C)C. The van der Waals surface area contributed by atoms with Gasteiger partial charge in [-0.15, -0.1) is 0 Å². The second kappa shape index (κ2) is 5.00. The van der Waals surface area contributed by atoms with Gasteiger partial charge in [0, 0.05) is 0 Å². The van der Waals surface area contributed by atoms with E-state index in [0.29, 0.717) is 11.5 Å². The summed E-state index contributed by atoms with van der Waals surface area (Å²) in [7, 11) is 1.63. The zero-order valence-corrected chi connectivity index (χ0v) is 10.9. The molecule has 0 aliphatic carbocycles. The molecule has 98 valence electrons.